The van der Waals surface area contributed by atoms with E-state index in [0.29, 0.717) is 27.3 Å². The number of carbonyl (C=O) groups is 1. The van der Waals surface area contributed by atoms with E-state index in [1.54, 1.807) is 28.9 Å². The maximum Gasteiger partial charge on any atom is 0.278 e. The van der Waals surface area contributed by atoms with Crippen LogP contribution >= 0.6 is 23.4 Å². The van der Waals surface area contributed by atoms with Gasteiger partial charge in [0.2, 0.25) is 0 Å². The van der Waals surface area contributed by atoms with E-state index >= 15 is 0 Å². The SMILES string of the molecule is Cc1ccc(-n2nnc(C(=O)Nc3ccc(Cl)cc3)c2CSc2nc(C)cc(C)n2)cc1. The van der Waals surface area contributed by atoms with Gasteiger partial charge >= 0.3 is 0 Å². The number of amides is 1. The maximum absolute atomic E-state index is 13.0. The molecule has 0 spiro atoms. The van der Waals surface area contributed by atoms with E-state index in [1.165, 1.54) is 11.8 Å². The van der Waals surface area contributed by atoms with Gasteiger partial charge in [0, 0.05) is 27.9 Å². The summed E-state index contributed by atoms with van der Waals surface area (Å²) < 4.78 is 1.69. The van der Waals surface area contributed by atoms with Crippen LogP contribution in [0, 0.1) is 20.8 Å². The van der Waals surface area contributed by atoms with Crippen LogP contribution in [-0.4, -0.2) is 30.9 Å². The Morgan fingerprint density at radius 2 is 1.66 bits per heavy atom. The lowest BCUT2D eigenvalue weighted by molar-refractivity contribution is 0.102. The third-order valence-electron chi connectivity index (χ3n) is 4.66. The Hall–Kier alpha value is -3.23. The van der Waals surface area contributed by atoms with E-state index < -0.39 is 0 Å². The number of hydrogen-bond donors (Lipinski definition) is 1. The predicted octanol–water partition coefficient (Wildman–Crippen LogP) is 5.18. The number of carbonyl (C=O) groups excluding carboxylic acids is 1. The molecule has 0 aliphatic heterocycles. The van der Waals surface area contributed by atoms with Crippen molar-refractivity contribution in [2.24, 2.45) is 0 Å². The zero-order valence-corrected chi connectivity index (χ0v) is 19.4. The third-order valence-corrected chi connectivity index (χ3v) is 5.77. The highest BCUT2D eigenvalue weighted by Crippen LogP contribution is 2.24. The first-order valence-corrected chi connectivity index (χ1v) is 11.3. The predicted molar refractivity (Wildman–Crippen MR) is 127 cm³/mol. The molecule has 162 valence electrons. The number of nitrogens with one attached hydrogen (secondary N) is 1. The number of benzene rings is 2. The van der Waals surface area contributed by atoms with Crippen molar-refractivity contribution in [3.63, 3.8) is 0 Å². The molecule has 32 heavy (non-hydrogen) atoms. The number of aromatic nitrogens is 5. The molecule has 1 amide bonds. The van der Waals surface area contributed by atoms with Crippen LogP contribution in [0.4, 0.5) is 5.69 Å². The molecule has 0 fully saturated rings. The fraction of sp³-hybridized carbons (Fsp3) is 0.174. The number of aryl methyl sites for hydroxylation is 3. The molecule has 9 heteroatoms. The molecule has 7 nitrogen and oxygen atoms in total. The van der Waals surface area contributed by atoms with Gasteiger partial charge in [0.05, 0.1) is 11.4 Å². The van der Waals surface area contributed by atoms with Crippen molar-refractivity contribution < 1.29 is 4.79 Å². The van der Waals surface area contributed by atoms with Crippen LogP contribution in [0.1, 0.15) is 33.1 Å². The number of halogens is 1. The third kappa shape index (κ3) is 5.15. The summed E-state index contributed by atoms with van der Waals surface area (Å²) in [6.45, 7) is 5.88. The lowest BCUT2D eigenvalue weighted by Gasteiger charge is -2.09. The van der Waals surface area contributed by atoms with Crippen LogP contribution in [0.25, 0.3) is 5.69 Å². The van der Waals surface area contributed by atoms with Gasteiger partial charge in [0.15, 0.2) is 10.9 Å². The highest BCUT2D eigenvalue weighted by atomic mass is 35.5. The molecule has 0 aliphatic rings. The Morgan fingerprint density at radius 1 is 1.00 bits per heavy atom. The van der Waals surface area contributed by atoms with Crippen molar-refractivity contribution in [1.82, 2.24) is 25.0 Å². The van der Waals surface area contributed by atoms with Crippen LogP contribution in [0.2, 0.25) is 5.02 Å². The Labute approximate surface area is 195 Å². The number of nitrogens with zero attached hydrogens (tertiary/aromatic N) is 5. The Morgan fingerprint density at radius 3 is 2.31 bits per heavy atom. The fourth-order valence-electron chi connectivity index (χ4n) is 3.12. The van der Waals surface area contributed by atoms with E-state index in [9.17, 15) is 4.79 Å². The lowest BCUT2D eigenvalue weighted by atomic mass is 10.2. The minimum atomic E-state index is -0.345. The first-order chi connectivity index (χ1) is 15.4. The standard InChI is InChI=1S/C23H21ClN6OS/c1-14-4-10-19(11-5-14)30-20(13-32-23-25-15(2)12-16(3)26-23)21(28-29-30)22(31)27-18-8-6-17(24)7-9-18/h4-12H,13H2,1-3H3,(H,27,31). The maximum atomic E-state index is 13.0. The van der Waals surface area contributed by atoms with Crippen LogP contribution < -0.4 is 5.32 Å². The highest BCUT2D eigenvalue weighted by molar-refractivity contribution is 7.98. The van der Waals surface area contributed by atoms with E-state index in [2.05, 4.69) is 25.6 Å². The molecule has 0 unspecified atom stereocenters. The molecule has 0 bridgehead atoms. The van der Waals surface area contributed by atoms with E-state index in [1.807, 2.05) is 51.1 Å². The molecular formula is C23H21ClN6OS. The minimum Gasteiger partial charge on any atom is -0.321 e. The van der Waals surface area contributed by atoms with Crippen LogP contribution in [0.3, 0.4) is 0 Å². The molecule has 0 radical (unpaired) electrons. The molecule has 2 aromatic carbocycles. The van der Waals surface area contributed by atoms with Crippen molar-refractivity contribution in [1.29, 1.82) is 0 Å². The van der Waals surface area contributed by atoms with Gasteiger partial charge in [-0.1, -0.05) is 46.3 Å². The molecule has 0 saturated heterocycles. The average Bonchev–Trinajstić information content (AvgIpc) is 3.18. The molecule has 0 atom stereocenters. The molecule has 0 aliphatic carbocycles. The number of anilines is 1. The van der Waals surface area contributed by atoms with Crippen molar-refractivity contribution in [3.8, 4) is 5.69 Å². The van der Waals surface area contributed by atoms with Gasteiger partial charge in [0.25, 0.3) is 5.91 Å². The van der Waals surface area contributed by atoms with Gasteiger partial charge < -0.3 is 5.32 Å². The number of hydrogen-bond acceptors (Lipinski definition) is 6. The molecule has 2 heterocycles. The second-order valence-corrected chi connectivity index (χ2v) is 8.69. The first kappa shape index (κ1) is 22.0. The van der Waals surface area contributed by atoms with Gasteiger partial charge in [-0.3, -0.25) is 4.79 Å². The van der Waals surface area contributed by atoms with Crippen molar-refractivity contribution in [2.75, 3.05) is 5.32 Å². The van der Waals surface area contributed by atoms with E-state index in [4.69, 9.17) is 11.6 Å². The second kappa shape index (κ2) is 9.50. The highest BCUT2D eigenvalue weighted by Gasteiger charge is 2.21. The summed E-state index contributed by atoms with van der Waals surface area (Å²) in [5, 5.41) is 12.6. The summed E-state index contributed by atoms with van der Waals surface area (Å²) in [6, 6.07) is 16.7. The van der Waals surface area contributed by atoms with Crippen LogP contribution in [0.15, 0.2) is 59.8 Å². The molecular weight excluding hydrogens is 444 g/mol. The van der Waals surface area contributed by atoms with Gasteiger partial charge in [-0.15, -0.1) is 5.10 Å². The fourth-order valence-corrected chi connectivity index (χ4v) is 4.18. The summed E-state index contributed by atoms with van der Waals surface area (Å²) in [5.74, 6) is 0.0790. The lowest BCUT2D eigenvalue weighted by Crippen LogP contribution is -2.15. The van der Waals surface area contributed by atoms with Gasteiger partial charge in [0.1, 0.15) is 0 Å². The Balaban J connectivity index is 1.66. The quantitative estimate of drug-likeness (QED) is 0.312. The monoisotopic (exact) mass is 464 g/mol. The summed E-state index contributed by atoms with van der Waals surface area (Å²) in [6.07, 6.45) is 0. The topological polar surface area (TPSA) is 85.6 Å². The number of thioether (sulfide) groups is 1. The average molecular weight is 465 g/mol. The van der Waals surface area contributed by atoms with Crippen molar-refractivity contribution in [3.05, 3.63) is 88.0 Å². The summed E-state index contributed by atoms with van der Waals surface area (Å²) >= 11 is 7.38. The van der Waals surface area contributed by atoms with E-state index in [0.717, 1.165) is 22.6 Å². The van der Waals surface area contributed by atoms with Gasteiger partial charge in [-0.05, 0) is 63.2 Å². The molecule has 1 N–H and O–H groups in total. The van der Waals surface area contributed by atoms with E-state index in [-0.39, 0.29) is 11.6 Å². The summed E-state index contributed by atoms with van der Waals surface area (Å²) in [7, 11) is 0. The van der Waals surface area contributed by atoms with Crippen molar-refractivity contribution >= 4 is 35.0 Å². The van der Waals surface area contributed by atoms with Gasteiger partial charge in [-0.25, -0.2) is 14.6 Å². The van der Waals surface area contributed by atoms with Gasteiger partial charge in [-0.2, -0.15) is 0 Å². The van der Waals surface area contributed by atoms with Crippen LogP contribution in [-0.2, 0) is 5.75 Å². The number of rotatable bonds is 6. The van der Waals surface area contributed by atoms with Crippen molar-refractivity contribution in [2.45, 2.75) is 31.7 Å². The normalized spacial score (nSPS) is 10.9. The summed E-state index contributed by atoms with van der Waals surface area (Å²) in [4.78, 5) is 22.0. The smallest absolute Gasteiger partial charge is 0.278 e. The Kier molecular flexibility index (Phi) is 6.53. The zero-order chi connectivity index (χ0) is 22.7. The Bertz CT molecular complexity index is 1230. The summed E-state index contributed by atoms with van der Waals surface area (Å²) in [5.41, 5.74) is 5.28. The largest absolute Gasteiger partial charge is 0.321 e. The molecule has 4 rings (SSSR count). The zero-order valence-electron chi connectivity index (χ0n) is 17.8. The molecule has 0 saturated carbocycles. The molecule has 4 aromatic rings. The molecule has 2 aromatic heterocycles. The minimum absolute atomic E-state index is 0.248. The second-order valence-electron chi connectivity index (χ2n) is 7.32. The first-order valence-electron chi connectivity index (χ1n) is 9.92. The van der Waals surface area contributed by atoms with Crippen LogP contribution in [0.5, 0.6) is 0 Å².